The highest BCUT2D eigenvalue weighted by Gasteiger charge is 2.33. The van der Waals surface area contributed by atoms with Gasteiger partial charge in [0.1, 0.15) is 5.82 Å². The molecule has 5 nitrogen and oxygen atoms in total. The average molecular weight is 371 g/mol. The molecule has 0 fully saturated rings. The molecule has 1 aromatic carbocycles. The fourth-order valence-corrected chi connectivity index (χ4v) is 2.34. The molecular weight excluding hydrogens is 350 g/mol. The lowest BCUT2D eigenvalue weighted by Gasteiger charge is -2.14. The molecule has 142 valence electrons. The lowest BCUT2D eigenvalue weighted by Crippen LogP contribution is -2.38. The molecule has 0 radical (unpaired) electrons. The number of rotatable bonds is 7. The van der Waals surface area contributed by atoms with Crippen LogP contribution in [0.25, 0.3) is 0 Å². The van der Waals surface area contributed by atoms with Crippen LogP contribution in [0.4, 0.5) is 17.6 Å². The van der Waals surface area contributed by atoms with Crippen molar-refractivity contribution in [3.63, 3.8) is 0 Å². The van der Waals surface area contributed by atoms with Crippen molar-refractivity contribution in [2.24, 2.45) is 4.99 Å². The predicted molar refractivity (Wildman–Crippen MR) is 91.1 cm³/mol. The van der Waals surface area contributed by atoms with Crippen LogP contribution in [0.5, 0.6) is 0 Å². The average Bonchev–Trinajstić information content (AvgIpc) is 3.09. The van der Waals surface area contributed by atoms with Crippen molar-refractivity contribution >= 4 is 5.96 Å². The monoisotopic (exact) mass is 371 g/mol. The minimum absolute atomic E-state index is 0.0763. The number of hydrogen-bond acceptors (Lipinski definition) is 2. The molecule has 2 N–H and O–H groups in total. The Hall–Kier alpha value is -2.58. The summed E-state index contributed by atoms with van der Waals surface area (Å²) in [7, 11) is 0. The first-order valence-electron chi connectivity index (χ1n) is 8.25. The van der Waals surface area contributed by atoms with Crippen molar-refractivity contribution in [2.75, 3.05) is 13.1 Å². The van der Waals surface area contributed by atoms with E-state index in [2.05, 4.69) is 20.7 Å². The van der Waals surface area contributed by atoms with Gasteiger partial charge in [0.15, 0.2) is 5.96 Å². The molecule has 0 bridgehead atoms. The molecule has 9 heteroatoms. The Morgan fingerprint density at radius 2 is 2.08 bits per heavy atom. The first-order chi connectivity index (χ1) is 12.4. The second kappa shape index (κ2) is 9.21. The number of nitrogens with one attached hydrogen (secondary N) is 2. The smallest absolute Gasteiger partial charge is 0.357 e. The zero-order valence-electron chi connectivity index (χ0n) is 14.4. The number of hydrogen-bond donors (Lipinski definition) is 2. The fourth-order valence-electron chi connectivity index (χ4n) is 2.34. The number of aromatic nitrogens is 2. The molecule has 26 heavy (non-hydrogen) atoms. The van der Waals surface area contributed by atoms with E-state index in [4.69, 9.17) is 0 Å². The number of benzene rings is 1. The second-order valence-corrected chi connectivity index (χ2v) is 5.54. The molecule has 0 aliphatic rings. The Bertz CT molecular complexity index is 710. The molecule has 2 aromatic rings. The summed E-state index contributed by atoms with van der Waals surface area (Å²) in [5.74, 6) is -0.515. The van der Waals surface area contributed by atoms with Gasteiger partial charge in [0.25, 0.3) is 0 Å². The van der Waals surface area contributed by atoms with Crippen molar-refractivity contribution in [1.82, 2.24) is 20.4 Å². The first-order valence-corrected chi connectivity index (χ1v) is 8.25. The molecule has 0 atom stereocenters. The topological polar surface area (TPSA) is 54.2 Å². The SMILES string of the molecule is CCNC(=NCc1ccc(F)cc1C(F)(F)F)NCCCn1cccn1. The van der Waals surface area contributed by atoms with E-state index in [1.807, 2.05) is 19.2 Å². The van der Waals surface area contributed by atoms with Crippen LogP contribution in [0.3, 0.4) is 0 Å². The summed E-state index contributed by atoms with van der Waals surface area (Å²) in [6.07, 6.45) is -0.300. The van der Waals surface area contributed by atoms with E-state index in [-0.39, 0.29) is 12.1 Å². The second-order valence-electron chi connectivity index (χ2n) is 5.54. The Morgan fingerprint density at radius 3 is 2.73 bits per heavy atom. The maximum Gasteiger partial charge on any atom is 0.416 e. The molecule has 0 saturated carbocycles. The van der Waals surface area contributed by atoms with Crippen LogP contribution in [-0.4, -0.2) is 28.8 Å². The zero-order valence-corrected chi connectivity index (χ0v) is 14.4. The number of aryl methyl sites for hydroxylation is 1. The molecule has 0 amide bonds. The van der Waals surface area contributed by atoms with Gasteiger partial charge in [-0.05, 0) is 37.1 Å². The van der Waals surface area contributed by atoms with Gasteiger partial charge in [0, 0.05) is 32.0 Å². The van der Waals surface area contributed by atoms with Gasteiger partial charge in [-0.15, -0.1) is 0 Å². The molecular formula is C17H21F4N5. The van der Waals surface area contributed by atoms with Crippen LogP contribution in [0.2, 0.25) is 0 Å². The Balaban J connectivity index is 1.97. The molecule has 0 saturated heterocycles. The largest absolute Gasteiger partial charge is 0.416 e. The Kier molecular flexibility index (Phi) is 6.99. The number of halogens is 4. The van der Waals surface area contributed by atoms with Gasteiger partial charge in [-0.1, -0.05) is 6.07 Å². The summed E-state index contributed by atoms with van der Waals surface area (Å²) in [6.45, 7) is 3.53. The summed E-state index contributed by atoms with van der Waals surface area (Å²) in [5, 5.41) is 10.1. The third-order valence-corrected chi connectivity index (χ3v) is 3.54. The summed E-state index contributed by atoms with van der Waals surface area (Å²) in [4.78, 5) is 4.17. The van der Waals surface area contributed by atoms with Crippen molar-refractivity contribution in [3.05, 3.63) is 53.6 Å². The number of aliphatic imine (C=N–C) groups is 1. The van der Waals surface area contributed by atoms with E-state index < -0.39 is 17.6 Å². The number of alkyl halides is 3. The van der Waals surface area contributed by atoms with E-state index in [0.717, 1.165) is 25.1 Å². The quantitative estimate of drug-likeness (QED) is 0.340. The van der Waals surface area contributed by atoms with Crippen LogP contribution in [0.1, 0.15) is 24.5 Å². The third kappa shape index (κ3) is 6.05. The summed E-state index contributed by atoms with van der Waals surface area (Å²) >= 11 is 0. The molecule has 2 rings (SSSR count). The van der Waals surface area contributed by atoms with Crippen molar-refractivity contribution < 1.29 is 17.6 Å². The Morgan fingerprint density at radius 1 is 1.27 bits per heavy atom. The molecule has 1 heterocycles. The van der Waals surface area contributed by atoms with E-state index >= 15 is 0 Å². The van der Waals surface area contributed by atoms with E-state index in [1.165, 1.54) is 0 Å². The molecule has 1 aromatic heterocycles. The first kappa shape index (κ1) is 19.7. The summed E-state index contributed by atoms with van der Waals surface area (Å²) < 4.78 is 54.0. The van der Waals surface area contributed by atoms with E-state index in [1.54, 1.807) is 10.9 Å². The van der Waals surface area contributed by atoms with Crippen molar-refractivity contribution in [3.8, 4) is 0 Å². The number of nitrogens with zero attached hydrogens (tertiary/aromatic N) is 3. The van der Waals surface area contributed by atoms with Crippen LogP contribution in [0.15, 0.2) is 41.7 Å². The third-order valence-electron chi connectivity index (χ3n) is 3.54. The van der Waals surface area contributed by atoms with Crippen LogP contribution < -0.4 is 10.6 Å². The summed E-state index contributed by atoms with van der Waals surface area (Å²) in [5.41, 5.74) is -1.08. The standard InChI is InChI=1S/C17H21F4N5/c1-2-22-16(23-7-3-9-26-10-4-8-25-26)24-12-13-5-6-14(18)11-15(13)17(19,20)21/h4-6,8,10-11H,2-3,7,9,12H2,1H3,(H2,22,23,24). The van der Waals surface area contributed by atoms with Gasteiger partial charge in [-0.25, -0.2) is 9.38 Å². The Labute approximate surface area is 149 Å². The lowest BCUT2D eigenvalue weighted by atomic mass is 10.1. The van der Waals surface area contributed by atoms with E-state index in [0.29, 0.717) is 25.1 Å². The van der Waals surface area contributed by atoms with Gasteiger partial charge in [0.05, 0.1) is 12.1 Å². The number of guanidine groups is 1. The molecule has 0 aliphatic carbocycles. The molecule has 0 aliphatic heterocycles. The van der Waals surface area contributed by atoms with Gasteiger partial charge in [-0.3, -0.25) is 4.68 Å². The predicted octanol–water partition coefficient (Wildman–Crippen LogP) is 3.19. The molecule has 0 unspecified atom stereocenters. The van der Waals surface area contributed by atoms with Gasteiger partial charge in [0.2, 0.25) is 0 Å². The van der Waals surface area contributed by atoms with Crippen LogP contribution in [0, 0.1) is 5.82 Å². The highest BCUT2D eigenvalue weighted by atomic mass is 19.4. The van der Waals surface area contributed by atoms with Crippen molar-refractivity contribution in [1.29, 1.82) is 0 Å². The minimum Gasteiger partial charge on any atom is -0.357 e. The highest BCUT2D eigenvalue weighted by molar-refractivity contribution is 5.79. The maximum absolute atomic E-state index is 13.2. The zero-order chi connectivity index (χ0) is 19.0. The van der Waals surface area contributed by atoms with E-state index in [9.17, 15) is 17.6 Å². The minimum atomic E-state index is -4.62. The highest BCUT2D eigenvalue weighted by Crippen LogP contribution is 2.32. The van der Waals surface area contributed by atoms with Gasteiger partial charge in [-0.2, -0.15) is 18.3 Å². The normalized spacial score (nSPS) is 12.3. The molecule has 0 spiro atoms. The van der Waals surface area contributed by atoms with Crippen molar-refractivity contribution in [2.45, 2.75) is 32.6 Å². The maximum atomic E-state index is 13.2. The van der Waals surface area contributed by atoms with Gasteiger partial charge >= 0.3 is 6.18 Å². The fraction of sp³-hybridized carbons (Fsp3) is 0.412. The van der Waals surface area contributed by atoms with Crippen LogP contribution >= 0.6 is 0 Å². The lowest BCUT2D eigenvalue weighted by molar-refractivity contribution is -0.138. The van der Waals surface area contributed by atoms with Gasteiger partial charge < -0.3 is 10.6 Å². The van der Waals surface area contributed by atoms with Crippen LogP contribution in [-0.2, 0) is 19.3 Å². The summed E-state index contributed by atoms with van der Waals surface area (Å²) in [6, 6.07) is 4.45.